The zero-order chi connectivity index (χ0) is 24.5. The molecule has 2 aliphatic heterocycles. The molecule has 0 spiro atoms. The maximum absolute atomic E-state index is 13.4. The number of Topliss-reactive ketones (excluding diaryl/α,β-unsaturated/α-hetero) is 2. The van der Waals surface area contributed by atoms with Crippen molar-refractivity contribution in [2.45, 2.75) is 38.6 Å². The highest BCUT2D eigenvalue weighted by atomic mass is 16.1. The van der Waals surface area contributed by atoms with Crippen LogP contribution in [0.5, 0.6) is 0 Å². The molecule has 4 N–H and O–H groups in total. The van der Waals surface area contributed by atoms with Crippen LogP contribution in [0.3, 0.4) is 0 Å². The van der Waals surface area contributed by atoms with E-state index in [2.05, 4.69) is 26.7 Å². The van der Waals surface area contributed by atoms with Gasteiger partial charge in [0.25, 0.3) is 0 Å². The normalized spacial score (nSPS) is 20.9. The number of hydrogen-bond donors (Lipinski definition) is 2. The van der Waals surface area contributed by atoms with Gasteiger partial charge in [0.2, 0.25) is 0 Å². The summed E-state index contributed by atoms with van der Waals surface area (Å²) < 4.78 is 0. The highest BCUT2D eigenvalue weighted by Crippen LogP contribution is 2.29. The molecule has 0 aliphatic carbocycles. The molecule has 2 fully saturated rings. The van der Waals surface area contributed by atoms with Crippen molar-refractivity contribution >= 4 is 39.5 Å². The Morgan fingerprint density at radius 1 is 1.17 bits per heavy atom. The number of anilines is 3. The highest BCUT2D eigenvalue weighted by Gasteiger charge is 2.25. The van der Waals surface area contributed by atoms with Crippen molar-refractivity contribution in [1.82, 2.24) is 9.97 Å². The summed E-state index contributed by atoms with van der Waals surface area (Å²) in [5.41, 5.74) is 16.6. The van der Waals surface area contributed by atoms with E-state index in [1.807, 2.05) is 24.3 Å². The quantitative estimate of drug-likeness (QED) is 0.544. The van der Waals surface area contributed by atoms with Gasteiger partial charge in [0.1, 0.15) is 5.69 Å². The average molecular weight is 473 g/mol. The third-order valence-electron chi connectivity index (χ3n) is 6.97. The molecule has 0 bridgehead atoms. The number of aromatic nitrogens is 2. The van der Waals surface area contributed by atoms with Crippen molar-refractivity contribution < 1.29 is 9.59 Å². The predicted octanol–water partition coefficient (Wildman–Crippen LogP) is 2.98. The number of nitrogens with zero attached hydrogens (tertiary/aromatic N) is 4. The lowest BCUT2D eigenvalue weighted by molar-refractivity contribution is -0.118. The van der Waals surface area contributed by atoms with Gasteiger partial charge in [-0.2, -0.15) is 0 Å². The first-order valence-electron chi connectivity index (χ1n) is 12.3. The van der Waals surface area contributed by atoms with Crippen LogP contribution < -0.4 is 21.3 Å². The molecule has 0 radical (unpaired) electrons. The van der Waals surface area contributed by atoms with E-state index in [9.17, 15) is 9.59 Å². The molecule has 3 aromatic rings. The Balaban J connectivity index is 1.42. The zero-order valence-corrected chi connectivity index (χ0v) is 20.1. The summed E-state index contributed by atoms with van der Waals surface area (Å²) in [5.74, 6) is 0.582. The first-order chi connectivity index (χ1) is 16.9. The van der Waals surface area contributed by atoms with Crippen LogP contribution in [0, 0.1) is 5.92 Å². The third kappa shape index (κ3) is 4.98. The number of hydrogen-bond acceptors (Lipinski definition) is 8. The second-order valence-electron chi connectivity index (χ2n) is 9.98. The maximum Gasteiger partial charge on any atom is 0.187 e. The molecule has 0 amide bonds. The smallest absolute Gasteiger partial charge is 0.187 e. The molecule has 1 aromatic carbocycles. The van der Waals surface area contributed by atoms with Crippen LogP contribution in [0.2, 0.25) is 0 Å². The number of nitrogens with two attached hydrogens (primary N) is 2. The molecular formula is C27H32N6O2. The van der Waals surface area contributed by atoms with Crippen molar-refractivity contribution in [3.05, 3.63) is 54.0 Å². The van der Waals surface area contributed by atoms with Gasteiger partial charge >= 0.3 is 0 Å². The van der Waals surface area contributed by atoms with Crippen LogP contribution in [0.15, 0.2) is 42.7 Å². The molecule has 8 nitrogen and oxygen atoms in total. The van der Waals surface area contributed by atoms with Crippen LogP contribution in [-0.2, 0) is 11.2 Å². The Morgan fingerprint density at radius 3 is 2.83 bits per heavy atom. The zero-order valence-electron chi connectivity index (χ0n) is 20.1. The maximum atomic E-state index is 13.4. The van der Waals surface area contributed by atoms with E-state index < -0.39 is 0 Å². The number of benzene rings is 1. The summed E-state index contributed by atoms with van der Waals surface area (Å²) in [7, 11) is 0. The number of pyridine rings is 2. The number of carbonyl (C=O) groups is 2. The van der Waals surface area contributed by atoms with Crippen molar-refractivity contribution in [2.75, 3.05) is 41.7 Å². The first kappa shape index (κ1) is 23.2. The van der Waals surface area contributed by atoms with Gasteiger partial charge in [-0.15, -0.1) is 0 Å². The van der Waals surface area contributed by atoms with Crippen LogP contribution in [-0.4, -0.2) is 53.8 Å². The Labute approximate surface area is 205 Å². The Hall–Kier alpha value is -3.52. The van der Waals surface area contributed by atoms with E-state index in [1.54, 1.807) is 18.5 Å². The molecule has 5 rings (SSSR count). The van der Waals surface area contributed by atoms with E-state index in [0.717, 1.165) is 54.8 Å². The summed E-state index contributed by atoms with van der Waals surface area (Å²) in [4.78, 5) is 38.6. The second-order valence-corrected chi connectivity index (χ2v) is 9.98. The average Bonchev–Trinajstić information content (AvgIpc) is 2.83. The van der Waals surface area contributed by atoms with Crippen LogP contribution >= 0.6 is 0 Å². The molecule has 2 aromatic heterocycles. The Kier molecular flexibility index (Phi) is 6.38. The van der Waals surface area contributed by atoms with Crippen molar-refractivity contribution in [2.24, 2.45) is 11.7 Å². The minimum Gasteiger partial charge on any atom is -0.397 e. The summed E-state index contributed by atoms with van der Waals surface area (Å²) in [6.45, 7) is 5.10. The largest absolute Gasteiger partial charge is 0.397 e. The van der Waals surface area contributed by atoms with E-state index >= 15 is 0 Å². The van der Waals surface area contributed by atoms with Gasteiger partial charge in [-0.05, 0) is 43.0 Å². The number of nitrogen functional groups attached to an aromatic ring is 1. The van der Waals surface area contributed by atoms with Gasteiger partial charge in [-0.25, -0.2) is 4.98 Å². The van der Waals surface area contributed by atoms with Crippen molar-refractivity contribution in [1.29, 1.82) is 0 Å². The second kappa shape index (κ2) is 9.62. The molecule has 2 atom stereocenters. The summed E-state index contributed by atoms with van der Waals surface area (Å²) in [6.07, 6.45) is 6.15. The summed E-state index contributed by atoms with van der Waals surface area (Å²) in [5, 5.41) is 0.865. The lowest BCUT2D eigenvalue weighted by atomic mass is 9.95. The number of piperidine rings is 2. The topological polar surface area (TPSA) is 118 Å². The van der Waals surface area contributed by atoms with Gasteiger partial charge in [0.05, 0.1) is 17.7 Å². The van der Waals surface area contributed by atoms with Gasteiger partial charge in [-0.1, -0.05) is 13.0 Å². The molecule has 2 saturated heterocycles. The number of ketones is 2. The predicted molar refractivity (Wildman–Crippen MR) is 139 cm³/mol. The lowest BCUT2D eigenvalue weighted by Crippen LogP contribution is -2.46. The van der Waals surface area contributed by atoms with Crippen molar-refractivity contribution in [3.8, 4) is 0 Å². The van der Waals surface area contributed by atoms with Crippen LogP contribution in [0.25, 0.3) is 10.9 Å². The molecule has 4 heterocycles. The summed E-state index contributed by atoms with van der Waals surface area (Å²) >= 11 is 0. The van der Waals surface area contributed by atoms with E-state index in [1.165, 1.54) is 0 Å². The molecule has 182 valence electrons. The van der Waals surface area contributed by atoms with Crippen LogP contribution in [0.1, 0.15) is 42.2 Å². The third-order valence-corrected chi connectivity index (χ3v) is 6.97. The highest BCUT2D eigenvalue weighted by molar-refractivity contribution is 6.03. The SMILES string of the molecule is C[C@@H]1C[C@H](N)CN(c2ccncc2CC(=O)c2nc3cc(N4CCCC(=O)C4)ccc3cc2N)C1. The molecular weight excluding hydrogens is 440 g/mol. The minimum absolute atomic E-state index is 0.109. The summed E-state index contributed by atoms with van der Waals surface area (Å²) in [6, 6.07) is 9.73. The number of carbonyl (C=O) groups excluding carboxylic acids is 2. The first-order valence-corrected chi connectivity index (χ1v) is 12.3. The number of fused-ring (bicyclic) bond motifs is 1. The van der Waals surface area contributed by atoms with E-state index in [-0.39, 0.29) is 29.7 Å². The van der Waals surface area contributed by atoms with Crippen molar-refractivity contribution in [3.63, 3.8) is 0 Å². The molecule has 8 heteroatoms. The minimum atomic E-state index is -0.147. The fourth-order valence-corrected chi connectivity index (χ4v) is 5.37. The van der Waals surface area contributed by atoms with Gasteiger partial charge < -0.3 is 21.3 Å². The molecule has 35 heavy (non-hydrogen) atoms. The fraction of sp³-hybridized carbons (Fsp3) is 0.407. The standard InChI is InChI=1S/C27H32N6O2/c1-17-9-20(28)15-33(14-17)25-6-7-30-13-19(25)11-26(35)27-23(29)10-18-4-5-21(12-24(18)31-27)32-8-2-3-22(34)16-32/h4-7,10,12-13,17,20H,2-3,8-9,11,14-16,28-29H2,1H3/t17-,20+/m1/s1. The molecule has 0 unspecified atom stereocenters. The van der Waals surface area contributed by atoms with Gasteiger partial charge in [-0.3, -0.25) is 14.6 Å². The van der Waals surface area contributed by atoms with E-state index in [4.69, 9.17) is 11.5 Å². The number of rotatable bonds is 5. The Morgan fingerprint density at radius 2 is 2.03 bits per heavy atom. The Bertz CT molecular complexity index is 1270. The monoisotopic (exact) mass is 472 g/mol. The van der Waals surface area contributed by atoms with Crippen LogP contribution in [0.4, 0.5) is 17.1 Å². The lowest BCUT2D eigenvalue weighted by Gasteiger charge is -2.37. The molecule has 0 saturated carbocycles. The van der Waals surface area contributed by atoms with E-state index in [0.29, 0.717) is 30.1 Å². The fourth-order valence-electron chi connectivity index (χ4n) is 5.37. The van der Waals surface area contributed by atoms with Gasteiger partial charge in [0.15, 0.2) is 11.6 Å². The van der Waals surface area contributed by atoms with Gasteiger partial charge in [0, 0.05) is 73.2 Å². The molecule has 2 aliphatic rings.